The number of benzene rings is 1. The summed E-state index contributed by atoms with van der Waals surface area (Å²) < 4.78 is 28.4. The molecule has 0 spiro atoms. The van der Waals surface area contributed by atoms with Crippen LogP contribution in [0.2, 0.25) is 5.02 Å². The molecule has 0 radical (unpaired) electrons. The molecule has 1 aliphatic carbocycles. The van der Waals surface area contributed by atoms with E-state index in [1.54, 1.807) is 41.0 Å². The first kappa shape index (κ1) is 20.1. The third-order valence-electron chi connectivity index (χ3n) is 5.14. The molecule has 2 atom stereocenters. The van der Waals surface area contributed by atoms with Crippen LogP contribution >= 0.6 is 11.6 Å². The lowest BCUT2D eigenvalue weighted by Crippen LogP contribution is -2.45. The van der Waals surface area contributed by atoms with Crippen LogP contribution in [0, 0.1) is 5.92 Å². The topological polar surface area (TPSA) is 50.3 Å². The Balaban J connectivity index is 1.89. The van der Waals surface area contributed by atoms with Crippen molar-refractivity contribution in [2.75, 3.05) is 6.54 Å². The molecule has 0 aliphatic heterocycles. The molecular formula is C21H25ClN2O2S. The maximum atomic E-state index is 13.4. The third kappa shape index (κ3) is 4.98. The lowest BCUT2D eigenvalue weighted by molar-refractivity contribution is 0.201. The molecule has 1 fully saturated rings. The van der Waals surface area contributed by atoms with E-state index in [1.165, 1.54) is 0 Å². The third-order valence-corrected chi connectivity index (χ3v) is 7.29. The fraction of sp³-hybridized carbons (Fsp3) is 0.381. The van der Waals surface area contributed by atoms with E-state index in [0.717, 1.165) is 31.2 Å². The Kier molecular flexibility index (Phi) is 6.68. The van der Waals surface area contributed by atoms with Crippen LogP contribution in [-0.2, 0) is 10.0 Å². The predicted molar refractivity (Wildman–Crippen MR) is 110 cm³/mol. The molecule has 1 aromatic carbocycles. The van der Waals surface area contributed by atoms with Crippen LogP contribution < -0.4 is 0 Å². The highest BCUT2D eigenvalue weighted by molar-refractivity contribution is 7.89. The van der Waals surface area contributed by atoms with E-state index in [-0.39, 0.29) is 6.04 Å². The second-order valence-electron chi connectivity index (χ2n) is 7.05. The number of aromatic nitrogens is 1. The van der Waals surface area contributed by atoms with Crippen molar-refractivity contribution < 1.29 is 8.42 Å². The van der Waals surface area contributed by atoms with Crippen LogP contribution in [0.15, 0.2) is 59.8 Å². The van der Waals surface area contributed by atoms with Crippen molar-refractivity contribution in [2.45, 2.75) is 43.5 Å². The quantitative estimate of drug-likeness (QED) is 0.679. The summed E-state index contributed by atoms with van der Waals surface area (Å²) in [7, 11) is -3.60. The summed E-state index contributed by atoms with van der Waals surface area (Å²) >= 11 is 5.94. The van der Waals surface area contributed by atoms with Gasteiger partial charge in [-0.2, -0.15) is 4.31 Å². The highest BCUT2D eigenvalue weighted by Gasteiger charge is 2.35. The minimum atomic E-state index is -3.60. The molecule has 27 heavy (non-hydrogen) atoms. The fourth-order valence-electron chi connectivity index (χ4n) is 3.65. The van der Waals surface area contributed by atoms with Crippen LogP contribution in [0.5, 0.6) is 0 Å². The van der Waals surface area contributed by atoms with Crippen molar-refractivity contribution in [3.63, 3.8) is 0 Å². The summed E-state index contributed by atoms with van der Waals surface area (Å²) in [5.41, 5.74) is 0.957. The average molecular weight is 405 g/mol. The van der Waals surface area contributed by atoms with Gasteiger partial charge in [0.25, 0.3) is 0 Å². The molecule has 0 saturated heterocycles. The molecule has 6 heteroatoms. The van der Waals surface area contributed by atoms with Crippen molar-refractivity contribution in [2.24, 2.45) is 5.92 Å². The van der Waals surface area contributed by atoms with Gasteiger partial charge in [0.05, 0.1) is 4.90 Å². The van der Waals surface area contributed by atoms with E-state index in [1.807, 2.05) is 24.3 Å². The van der Waals surface area contributed by atoms with Gasteiger partial charge in [-0.1, -0.05) is 49.6 Å². The number of rotatable bonds is 6. The molecule has 1 heterocycles. The molecule has 1 aromatic heterocycles. The van der Waals surface area contributed by atoms with E-state index >= 15 is 0 Å². The molecule has 144 valence electrons. The van der Waals surface area contributed by atoms with Crippen molar-refractivity contribution in [1.82, 2.24) is 9.29 Å². The van der Waals surface area contributed by atoms with E-state index in [2.05, 4.69) is 11.9 Å². The summed E-state index contributed by atoms with van der Waals surface area (Å²) in [4.78, 5) is 4.38. The highest BCUT2D eigenvalue weighted by Crippen LogP contribution is 2.32. The van der Waals surface area contributed by atoms with Gasteiger partial charge in [-0.05, 0) is 54.7 Å². The second kappa shape index (κ2) is 9.00. The Bertz CT molecular complexity index is 867. The Morgan fingerprint density at radius 1 is 1.19 bits per heavy atom. The van der Waals surface area contributed by atoms with Crippen LogP contribution in [0.25, 0.3) is 6.08 Å². The smallest absolute Gasteiger partial charge is 0.243 e. The standard InChI is InChI=1S/C21H25ClN2O2S/c1-17-6-2-3-9-21(17)24(15-5-8-18-7-4-14-23-16-18)27(25,26)20-12-10-19(22)11-13-20/h4-5,7-8,10-14,16-17,21H,2-3,6,9,15H2,1H3. The zero-order valence-electron chi connectivity index (χ0n) is 15.5. The zero-order chi connectivity index (χ0) is 19.3. The second-order valence-corrected chi connectivity index (χ2v) is 9.37. The maximum Gasteiger partial charge on any atom is 0.243 e. The molecule has 4 nitrogen and oxygen atoms in total. The van der Waals surface area contributed by atoms with Gasteiger partial charge in [-0.3, -0.25) is 4.98 Å². The number of sulfonamides is 1. The zero-order valence-corrected chi connectivity index (χ0v) is 17.0. The number of pyridine rings is 1. The van der Waals surface area contributed by atoms with Crippen LogP contribution in [-0.4, -0.2) is 30.3 Å². The van der Waals surface area contributed by atoms with E-state index < -0.39 is 10.0 Å². The molecule has 1 saturated carbocycles. The van der Waals surface area contributed by atoms with Crippen molar-refractivity contribution in [1.29, 1.82) is 0 Å². The molecular weight excluding hydrogens is 380 g/mol. The molecule has 0 N–H and O–H groups in total. The lowest BCUT2D eigenvalue weighted by atomic mass is 9.86. The van der Waals surface area contributed by atoms with Gasteiger partial charge in [0.2, 0.25) is 10.0 Å². The van der Waals surface area contributed by atoms with Crippen molar-refractivity contribution >= 4 is 27.7 Å². The van der Waals surface area contributed by atoms with Crippen molar-refractivity contribution in [3.8, 4) is 0 Å². The summed E-state index contributed by atoms with van der Waals surface area (Å²) in [6.07, 6.45) is 11.5. The number of nitrogens with zero attached hydrogens (tertiary/aromatic N) is 2. The van der Waals surface area contributed by atoms with Crippen molar-refractivity contribution in [3.05, 3.63) is 65.5 Å². The highest BCUT2D eigenvalue weighted by atomic mass is 35.5. The minimum absolute atomic E-state index is 0.0120. The molecule has 1 aliphatic rings. The van der Waals surface area contributed by atoms with Crippen LogP contribution in [0.4, 0.5) is 0 Å². The largest absolute Gasteiger partial charge is 0.264 e. The molecule has 0 amide bonds. The van der Waals surface area contributed by atoms with Gasteiger partial charge >= 0.3 is 0 Å². The first-order valence-corrected chi connectivity index (χ1v) is 11.1. The monoisotopic (exact) mass is 404 g/mol. The fourth-order valence-corrected chi connectivity index (χ4v) is 5.47. The Hall–Kier alpha value is -1.69. The van der Waals surface area contributed by atoms with Gasteiger partial charge in [0.15, 0.2) is 0 Å². The lowest BCUT2D eigenvalue weighted by Gasteiger charge is -2.37. The van der Waals surface area contributed by atoms with Gasteiger partial charge in [0, 0.05) is 30.0 Å². The SMILES string of the molecule is CC1CCCCC1N(CC=Cc1cccnc1)S(=O)(=O)c1ccc(Cl)cc1. The average Bonchev–Trinajstić information content (AvgIpc) is 2.67. The van der Waals surface area contributed by atoms with Gasteiger partial charge < -0.3 is 0 Å². The maximum absolute atomic E-state index is 13.4. The Labute approximate surface area is 166 Å². The number of hydrogen-bond donors (Lipinski definition) is 0. The Morgan fingerprint density at radius 2 is 1.93 bits per heavy atom. The normalized spacial score (nSPS) is 21.0. The summed E-state index contributed by atoms with van der Waals surface area (Å²) in [5.74, 6) is 0.340. The van der Waals surface area contributed by atoms with Gasteiger partial charge in [0.1, 0.15) is 0 Å². The minimum Gasteiger partial charge on any atom is -0.264 e. The predicted octanol–water partition coefficient (Wildman–Crippen LogP) is 5.02. The van der Waals surface area contributed by atoms with E-state index in [4.69, 9.17) is 11.6 Å². The Morgan fingerprint density at radius 3 is 2.59 bits per heavy atom. The number of halogens is 1. The first-order valence-electron chi connectivity index (χ1n) is 9.32. The summed E-state index contributed by atoms with van der Waals surface area (Å²) in [5, 5.41) is 0.531. The summed E-state index contributed by atoms with van der Waals surface area (Å²) in [6.45, 7) is 2.49. The molecule has 2 aromatic rings. The van der Waals surface area contributed by atoms with E-state index in [9.17, 15) is 8.42 Å². The van der Waals surface area contributed by atoms with Crippen LogP contribution in [0.1, 0.15) is 38.2 Å². The summed E-state index contributed by atoms with van der Waals surface area (Å²) in [6, 6.07) is 10.3. The first-order chi connectivity index (χ1) is 13.0. The number of hydrogen-bond acceptors (Lipinski definition) is 3. The van der Waals surface area contributed by atoms with Gasteiger partial charge in [-0.15, -0.1) is 0 Å². The molecule has 2 unspecified atom stereocenters. The van der Waals surface area contributed by atoms with Gasteiger partial charge in [-0.25, -0.2) is 8.42 Å². The van der Waals surface area contributed by atoms with E-state index in [0.29, 0.717) is 22.4 Å². The molecule has 0 bridgehead atoms. The van der Waals surface area contributed by atoms with Crippen LogP contribution in [0.3, 0.4) is 0 Å². The molecule has 3 rings (SSSR count).